The third-order valence-electron chi connectivity index (χ3n) is 2.72. The van der Waals surface area contributed by atoms with Gasteiger partial charge in [0, 0.05) is 18.4 Å². The Morgan fingerprint density at radius 2 is 2.35 bits per heavy atom. The van der Waals surface area contributed by atoms with E-state index >= 15 is 0 Å². The second kappa shape index (κ2) is 4.23. The Bertz CT molecular complexity index is 508. The number of rotatable bonds is 2. The van der Waals surface area contributed by atoms with E-state index in [0.717, 1.165) is 18.4 Å². The molecule has 1 amide bonds. The molecular weight excluding hydrogens is 252 g/mol. The summed E-state index contributed by atoms with van der Waals surface area (Å²) in [5.74, 6) is 0.0475. The standard InChI is InChI=1S/C12H10N2OS2/c15-11-10(6-8-2-1-5-13-7-8)17-12(16)14(11)9-3-4-9/h1-2,5-7,9H,3-4H2. The number of pyridine rings is 1. The van der Waals surface area contributed by atoms with Crippen LogP contribution in [-0.4, -0.2) is 26.2 Å². The fraction of sp³-hybridized carbons (Fsp3) is 0.250. The SMILES string of the molecule is O=C1C(=Cc2cccnc2)SC(=S)N1C1CC1. The van der Waals surface area contributed by atoms with Crippen LogP contribution < -0.4 is 0 Å². The Morgan fingerprint density at radius 1 is 1.53 bits per heavy atom. The zero-order chi connectivity index (χ0) is 11.8. The maximum absolute atomic E-state index is 12.1. The van der Waals surface area contributed by atoms with Crippen LogP contribution in [0.4, 0.5) is 0 Å². The Labute approximate surface area is 109 Å². The van der Waals surface area contributed by atoms with E-state index in [1.807, 2.05) is 18.2 Å². The van der Waals surface area contributed by atoms with Crippen molar-refractivity contribution in [1.29, 1.82) is 0 Å². The molecule has 2 heterocycles. The first-order valence-corrected chi connectivity index (χ1v) is 6.65. The number of hydrogen-bond donors (Lipinski definition) is 0. The van der Waals surface area contributed by atoms with Gasteiger partial charge in [0.2, 0.25) is 0 Å². The van der Waals surface area contributed by atoms with Crippen LogP contribution in [0.3, 0.4) is 0 Å². The summed E-state index contributed by atoms with van der Waals surface area (Å²) in [6.45, 7) is 0. The topological polar surface area (TPSA) is 33.2 Å². The first-order chi connectivity index (χ1) is 8.25. The summed E-state index contributed by atoms with van der Waals surface area (Å²) >= 11 is 6.62. The molecule has 1 aromatic rings. The van der Waals surface area contributed by atoms with Gasteiger partial charge < -0.3 is 0 Å². The summed E-state index contributed by atoms with van der Waals surface area (Å²) in [6, 6.07) is 4.13. The molecule has 17 heavy (non-hydrogen) atoms. The average Bonchev–Trinajstić information content (AvgIpc) is 3.10. The lowest BCUT2D eigenvalue weighted by Crippen LogP contribution is -2.30. The van der Waals surface area contributed by atoms with Crippen molar-refractivity contribution in [3.05, 3.63) is 35.0 Å². The van der Waals surface area contributed by atoms with Gasteiger partial charge >= 0.3 is 0 Å². The molecule has 86 valence electrons. The zero-order valence-corrected chi connectivity index (χ0v) is 10.6. The lowest BCUT2D eigenvalue weighted by molar-refractivity contribution is -0.122. The van der Waals surface area contributed by atoms with Gasteiger partial charge in [-0.3, -0.25) is 14.7 Å². The van der Waals surface area contributed by atoms with Gasteiger partial charge in [0.15, 0.2) is 0 Å². The van der Waals surface area contributed by atoms with Crippen LogP contribution in [-0.2, 0) is 4.79 Å². The number of carbonyl (C=O) groups is 1. The Morgan fingerprint density at radius 3 is 3.00 bits per heavy atom. The van der Waals surface area contributed by atoms with Gasteiger partial charge in [-0.25, -0.2) is 0 Å². The summed E-state index contributed by atoms with van der Waals surface area (Å²) in [5.41, 5.74) is 0.934. The molecule has 0 bridgehead atoms. The van der Waals surface area contributed by atoms with Crippen LogP contribution >= 0.6 is 24.0 Å². The number of nitrogens with zero attached hydrogens (tertiary/aromatic N) is 2. The van der Waals surface area contributed by atoms with E-state index in [2.05, 4.69) is 4.98 Å². The molecule has 1 aromatic heterocycles. The summed E-state index contributed by atoms with van der Waals surface area (Å²) in [7, 11) is 0. The molecule has 0 atom stereocenters. The minimum atomic E-state index is 0.0475. The van der Waals surface area contributed by atoms with E-state index in [-0.39, 0.29) is 5.91 Å². The van der Waals surface area contributed by atoms with Crippen molar-refractivity contribution in [3.8, 4) is 0 Å². The highest BCUT2D eigenvalue weighted by molar-refractivity contribution is 8.26. The minimum Gasteiger partial charge on any atom is -0.290 e. The second-order valence-electron chi connectivity index (χ2n) is 4.07. The number of carbonyl (C=O) groups excluding carboxylic acids is 1. The molecule has 1 saturated heterocycles. The minimum absolute atomic E-state index is 0.0475. The van der Waals surface area contributed by atoms with Crippen LogP contribution in [0.15, 0.2) is 29.4 Å². The van der Waals surface area contributed by atoms with Crippen molar-refractivity contribution >= 4 is 40.3 Å². The first-order valence-electron chi connectivity index (χ1n) is 5.43. The second-order valence-corrected chi connectivity index (χ2v) is 5.75. The highest BCUT2D eigenvalue weighted by Gasteiger charge is 2.41. The van der Waals surface area contributed by atoms with E-state index in [9.17, 15) is 4.79 Å². The van der Waals surface area contributed by atoms with Crippen LogP contribution in [0.2, 0.25) is 0 Å². The highest BCUT2D eigenvalue weighted by atomic mass is 32.2. The molecule has 0 N–H and O–H groups in total. The average molecular weight is 262 g/mol. The van der Waals surface area contributed by atoms with Crippen LogP contribution in [0.5, 0.6) is 0 Å². The predicted octanol–water partition coefficient (Wildman–Crippen LogP) is 2.45. The van der Waals surface area contributed by atoms with Gasteiger partial charge in [-0.2, -0.15) is 0 Å². The van der Waals surface area contributed by atoms with Crippen molar-refractivity contribution in [2.75, 3.05) is 0 Å². The Balaban J connectivity index is 1.88. The van der Waals surface area contributed by atoms with Crippen molar-refractivity contribution in [2.24, 2.45) is 0 Å². The number of aromatic nitrogens is 1. The van der Waals surface area contributed by atoms with Crippen molar-refractivity contribution < 1.29 is 4.79 Å². The fourth-order valence-electron chi connectivity index (χ4n) is 1.74. The summed E-state index contributed by atoms with van der Waals surface area (Å²) < 4.78 is 0.688. The maximum atomic E-state index is 12.1. The van der Waals surface area contributed by atoms with Gasteiger partial charge in [0.25, 0.3) is 5.91 Å². The number of amides is 1. The zero-order valence-electron chi connectivity index (χ0n) is 9.00. The molecule has 3 rings (SSSR count). The predicted molar refractivity (Wildman–Crippen MR) is 72.3 cm³/mol. The molecule has 1 aliphatic carbocycles. The Kier molecular flexibility index (Phi) is 2.72. The first kappa shape index (κ1) is 10.9. The number of thiocarbonyl (C=S) groups is 1. The molecule has 2 fully saturated rings. The molecule has 3 nitrogen and oxygen atoms in total. The van der Waals surface area contributed by atoms with E-state index in [0.29, 0.717) is 15.3 Å². The lowest BCUT2D eigenvalue weighted by Gasteiger charge is -2.11. The van der Waals surface area contributed by atoms with Crippen LogP contribution in [0.1, 0.15) is 18.4 Å². The molecule has 5 heteroatoms. The fourth-order valence-corrected chi connectivity index (χ4v) is 3.14. The molecule has 0 unspecified atom stereocenters. The molecular formula is C12H10N2OS2. The largest absolute Gasteiger partial charge is 0.290 e. The van der Waals surface area contributed by atoms with Crippen molar-refractivity contribution in [2.45, 2.75) is 18.9 Å². The van der Waals surface area contributed by atoms with Gasteiger partial charge in [0.05, 0.1) is 4.91 Å². The van der Waals surface area contributed by atoms with Crippen molar-refractivity contribution in [3.63, 3.8) is 0 Å². The van der Waals surface area contributed by atoms with Crippen LogP contribution in [0, 0.1) is 0 Å². The third-order valence-corrected chi connectivity index (χ3v) is 4.05. The van der Waals surface area contributed by atoms with Gasteiger partial charge in [-0.15, -0.1) is 0 Å². The lowest BCUT2D eigenvalue weighted by atomic mass is 10.2. The molecule has 0 aromatic carbocycles. The van der Waals surface area contributed by atoms with Crippen molar-refractivity contribution in [1.82, 2.24) is 9.88 Å². The molecule has 0 radical (unpaired) electrons. The summed E-state index contributed by atoms with van der Waals surface area (Å²) in [5, 5.41) is 0. The van der Waals surface area contributed by atoms with E-state index in [4.69, 9.17) is 12.2 Å². The molecule has 0 spiro atoms. The number of thioether (sulfide) groups is 1. The van der Waals surface area contributed by atoms with E-state index < -0.39 is 0 Å². The summed E-state index contributed by atoms with van der Waals surface area (Å²) in [6.07, 6.45) is 7.46. The molecule has 2 aliphatic rings. The van der Waals surface area contributed by atoms with Gasteiger partial charge in [-0.1, -0.05) is 30.0 Å². The van der Waals surface area contributed by atoms with Crippen LogP contribution in [0.25, 0.3) is 6.08 Å². The molecule has 1 saturated carbocycles. The summed E-state index contributed by atoms with van der Waals surface area (Å²) in [4.78, 5) is 18.6. The number of hydrogen-bond acceptors (Lipinski definition) is 4. The highest BCUT2D eigenvalue weighted by Crippen LogP contribution is 2.39. The Hall–Kier alpha value is -1.20. The maximum Gasteiger partial charge on any atom is 0.266 e. The third kappa shape index (κ3) is 2.12. The van der Waals surface area contributed by atoms with Gasteiger partial charge in [-0.05, 0) is 30.5 Å². The monoisotopic (exact) mass is 262 g/mol. The van der Waals surface area contributed by atoms with Gasteiger partial charge in [0.1, 0.15) is 4.32 Å². The smallest absolute Gasteiger partial charge is 0.266 e. The normalized spacial score (nSPS) is 22.6. The quantitative estimate of drug-likeness (QED) is 0.605. The van der Waals surface area contributed by atoms with E-state index in [1.54, 1.807) is 17.3 Å². The van der Waals surface area contributed by atoms with E-state index in [1.165, 1.54) is 11.8 Å². The molecule has 1 aliphatic heterocycles.